The molecule has 0 aliphatic carbocycles. The maximum atomic E-state index is 4.66. The molecule has 0 bridgehead atoms. The second-order valence-corrected chi connectivity index (χ2v) is 6.55. The van der Waals surface area contributed by atoms with Gasteiger partial charge in [0.15, 0.2) is 0 Å². The van der Waals surface area contributed by atoms with Gasteiger partial charge in [-0.05, 0) is 61.4 Å². The zero-order chi connectivity index (χ0) is 17.1. The number of rotatable bonds is 5. The van der Waals surface area contributed by atoms with E-state index in [1.807, 2.05) is 11.6 Å². The van der Waals surface area contributed by atoms with E-state index in [9.17, 15) is 0 Å². The second kappa shape index (κ2) is 7.04. The third-order valence-corrected chi connectivity index (χ3v) is 4.81. The summed E-state index contributed by atoms with van der Waals surface area (Å²) in [5, 5.41) is 4.66. The zero-order valence-corrected chi connectivity index (χ0v) is 15.1. The summed E-state index contributed by atoms with van der Waals surface area (Å²) in [6.07, 6.45) is 4.36. The molecule has 0 radical (unpaired) electrons. The van der Waals surface area contributed by atoms with Crippen molar-refractivity contribution in [3.05, 3.63) is 71.5 Å². The maximum absolute atomic E-state index is 4.66. The summed E-state index contributed by atoms with van der Waals surface area (Å²) < 4.78 is 2.03. The smallest absolute Gasteiger partial charge is 0.0686 e. The van der Waals surface area contributed by atoms with Crippen LogP contribution in [0.1, 0.15) is 49.4 Å². The van der Waals surface area contributed by atoms with Crippen LogP contribution in [0.25, 0.3) is 16.8 Å². The number of aromatic nitrogens is 2. The average molecular weight is 318 g/mol. The predicted molar refractivity (Wildman–Crippen MR) is 102 cm³/mol. The Balaban J connectivity index is 2.13. The first-order valence-electron chi connectivity index (χ1n) is 8.86. The Morgan fingerprint density at radius 3 is 2.12 bits per heavy atom. The molecule has 1 aromatic heterocycles. The summed E-state index contributed by atoms with van der Waals surface area (Å²) in [5.41, 5.74) is 7.42. The van der Waals surface area contributed by atoms with Gasteiger partial charge in [-0.25, -0.2) is 4.68 Å². The molecule has 0 amide bonds. The first-order valence-corrected chi connectivity index (χ1v) is 8.86. The van der Waals surface area contributed by atoms with E-state index in [2.05, 4.69) is 80.6 Å². The molecule has 0 aliphatic heterocycles. The summed E-state index contributed by atoms with van der Waals surface area (Å²) in [7, 11) is 0. The maximum Gasteiger partial charge on any atom is 0.0686 e. The minimum atomic E-state index is 0.566. The molecule has 124 valence electrons. The molecular formula is C22H26N2. The Labute approximate surface area is 145 Å². The summed E-state index contributed by atoms with van der Waals surface area (Å²) >= 11 is 0. The fourth-order valence-corrected chi connectivity index (χ4v) is 3.29. The van der Waals surface area contributed by atoms with Crippen molar-refractivity contribution in [1.29, 1.82) is 0 Å². The molecule has 0 saturated heterocycles. The van der Waals surface area contributed by atoms with Gasteiger partial charge in [0.1, 0.15) is 0 Å². The van der Waals surface area contributed by atoms with Gasteiger partial charge in [0, 0.05) is 6.20 Å². The van der Waals surface area contributed by atoms with Crippen molar-refractivity contribution >= 4 is 0 Å². The molecule has 0 spiro atoms. The van der Waals surface area contributed by atoms with E-state index < -0.39 is 0 Å². The number of benzene rings is 2. The van der Waals surface area contributed by atoms with Gasteiger partial charge in [-0.3, -0.25) is 0 Å². The van der Waals surface area contributed by atoms with Crippen LogP contribution in [0.4, 0.5) is 0 Å². The van der Waals surface area contributed by atoms with E-state index in [1.165, 1.54) is 27.9 Å². The Morgan fingerprint density at radius 1 is 0.875 bits per heavy atom. The Hall–Kier alpha value is -2.35. The van der Waals surface area contributed by atoms with Crippen molar-refractivity contribution in [3.8, 4) is 16.8 Å². The molecule has 0 unspecified atom stereocenters. The van der Waals surface area contributed by atoms with Crippen LogP contribution in [-0.4, -0.2) is 9.78 Å². The van der Waals surface area contributed by atoms with Gasteiger partial charge in [-0.2, -0.15) is 5.10 Å². The lowest BCUT2D eigenvalue weighted by Crippen LogP contribution is -2.05. The summed E-state index contributed by atoms with van der Waals surface area (Å²) in [6, 6.07) is 17.6. The topological polar surface area (TPSA) is 17.8 Å². The first-order chi connectivity index (χ1) is 11.6. The van der Waals surface area contributed by atoms with Gasteiger partial charge < -0.3 is 0 Å². The number of hydrogen-bond donors (Lipinski definition) is 0. The molecule has 2 aromatic carbocycles. The summed E-state index contributed by atoms with van der Waals surface area (Å²) in [5.74, 6) is 0.566. The van der Waals surface area contributed by atoms with Crippen LogP contribution >= 0.6 is 0 Å². The van der Waals surface area contributed by atoms with Crippen molar-refractivity contribution in [2.75, 3.05) is 0 Å². The monoisotopic (exact) mass is 318 g/mol. The van der Waals surface area contributed by atoms with Gasteiger partial charge in [0.25, 0.3) is 0 Å². The van der Waals surface area contributed by atoms with Gasteiger partial charge in [0.2, 0.25) is 0 Å². The van der Waals surface area contributed by atoms with Crippen molar-refractivity contribution in [3.63, 3.8) is 0 Å². The molecule has 24 heavy (non-hydrogen) atoms. The molecule has 3 rings (SSSR count). The molecular weight excluding hydrogens is 292 g/mol. The highest BCUT2D eigenvalue weighted by molar-refractivity contribution is 5.68. The molecule has 0 N–H and O–H groups in total. The first kappa shape index (κ1) is 16.5. The molecule has 3 aromatic rings. The highest BCUT2D eigenvalue weighted by atomic mass is 15.3. The van der Waals surface area contributed by atoms with Crippen LogP contribution < -0.4 is 0 Å². The second-order valence-electron chi connectivity index (χ2n) is 6.55. The molecule has 2 nitrogen and oxygen atoms in total. The van der Waals surface area contributed by atoms with Crippen molar-refractivity contribution in [2.24, 2.45) is 0 Å². The van der Waals surface area contributed by atoms with E-state index in [-0.39, 0.29) is 0 Å². The Bertz CT molecular complexity index is 808. The lowest BCUT2D eigenvalue weighted by molar-refractivity contribution is 0.634. The standard InChI is InChI=1S/C22H26N2/c1-5-18(6-2)21-12-11-20(19-9-7-16(3)8-10-19)15-22(21)24-14-13-17(4)23-24/h7-15,18H,5-6H2,1-4H3. The lowest BCUT2D eigenvalue weighted by Gasteiger charge is -2.19. The highest BCUT2D eigenvalue weighted by Gasteiger charge is 2.15. The van der Waals surface area contributed by atoms with Gasteiger partial charge in [0.05, 0.1) is 11.4 Å². The highest BCUT2D eigenvalue weighted by Crippen LogP contribution is 2.32. The van der Waals surface area contributed by atoms with Gasteiger partial charge in [-0.15, -0.1) is 0 Å². The van der Waals surface area contributed by atoms with Crippen LogP contribution in [0, 0.1) is 13.8 Å². The van der Waals surface area contributed by atoms with Crippen molar-refractivity contribution in [2.45, 2.75) is 46.5 Å². The SMILES string of the molecule is CCC(CC)c1ccc(-c2ccc(C)cc2)cc1-n1ccc(C)n1. The van der Waals surface area contributed by atoms with Crippen molar-refractivity contribution < 1.29 is 0 Å². The predicted octanol–water partition coefficient (Wildman–Crippen LogP) is 6.06. The largest absolute Gasteiger partial charge is 0.240 e. The molecule has 1 heterocycles. The third kappa shape index (κ3) is 3.28. The molecule has 0 aliphatic rings. The van der Waals surface area contributed by atoms with Crippen LogP contribution in [0.15, 0.2) is 54.7 Å². The molecule has 2 heteroatoms. The fraction of sp³-hybridized carbons (Fsp3) is 0.318. The third-order valence-electron chi connectivity index (χ3n) is 4.81. The minimum Gasteiger partial charge on any atom is -0.240 e. The summed E-state index contributed by atoms with van der Waals surface area (Å²) in [6.45, 7) is 8.69. The zero-order valence-electron chi connectivity index (χ0n) is 15.1. The van der Waals surface area contributed by atoms with E-state index >= 15 is 0 Å². The number of aryl methyl sites for hydroxylation is 2. The molecule has 0 fully saturated rings. The van der Waals surface area contributed by atoms with E-state index in [0.29, 0.717) is 5.92 Å². The van der Waals surface area contributed by atoms with Crippen LogP contribution in [0.5, 0.6) is 0 Å². The normalized spacial score (nSPS) is 11.2. The quantitative estimate of drug-likeness (QED) is 0.559. The van der Waals surface area contributed by atoms with Gasteiger partial charge >= 0.3 is 0 Å². The Morgan fingerprint density at radius 2 is 1.54 bits per heavy atom. The van der Waals surface area contributed by atoms with E-state index in [1.54, 1.807) is 0 Å². The molecule has 0 atom stereocenters. The Kier molecular flexibility index (Phi) is 4.84. The molecule has 0 saturated carbocycles. The van der Waals surface area contributed by atoms with Crippen molar-refractivity contribution in [1.82, 2.24) is 9.78 Å². The van der Waals surface area contributed by atoms with E-state index in [0.717, 1.165) is 18.5 Å². The number of hydrogen-bond acceptors (Lipinski definition) is 1. The average Bonchev–Trinajstić information content (AvgIpc) is 3.03. The van der Waals surface area contributed by atoms with Crippen LogP contribution in [0.3, 0.4) is 0 Å². The van der Waals surface area contributed by atoms with Crippen LogP contribution in [-0.2, 0) is 0 Å². The van der Waals surface area contributed by atoms with E-state index in [4.69, 9.17) is 0 Å². The van der Waals surface area contributed by atoms with Gasteiger partial charge in [-0.1, -0.05) is 55.8 Å². The number of nitrogens with zero attached hydrogens (tertiary/aromatic N) is 2. The summed E-state index contributed by atoms with van der Waals surface area (Å²) in [4.78, 5) is 0. The van der Waals surface area contributed by atoms with Crippen LogP contribution in [0.2, 0.25) is 0 Å². The minimum absolute atomic E-state index is 0.566. The lowest BCUT2D eigenvalue weighted by atomic mass is 9.90. The fourth-order valence-electron chi connectivity index (χ4n) is 3.29.